The molecule has 0 amide bonds. The van der Waals surface area contributed by atoms with E-state index >= 15 is 0 Å². The van der Waals surface area contributed by atoms with Crippen molar-refractivity contribution in [1.29, 1.82) is 0 Å². The van der Waals surface area contributed by atoms with Crippen LogP contribution < -0.4 is 13.8 Å². The van der Waals surface area contributed by atoms with Gasteiger partial charge in [0.2, 0.25) is 0 Å². The lowest BCUT2D eigenvalue weighted by molar-refractivity contribution is -0.141. The summed E-state index contributed by atoms with van der Waals surface area (Å²) in [6, 6.07) is 12.5. The molecular formula is C19H23NO6S. The van der Waals surface area contributed by atoms with Crippen molar-refractivity contribution in [2.45, 2.75) is 18.7 Å². The molecule has 0 radical (unpaired) electrons. The van der Waals surface area contributed by atoms with Crippen molar-refractivity contribution >= 4 is 21.7 Å². The summed E-state index contributed by atoms with van der Waals surface area (Å²) in [6.45, 7) is 3.64. The van der Waals surface area contributed by atoms with Crippen LogP contribution in [0.2, 0.25) is 0 Å². The van der Waals surface area contributed by atoms with Crippen LogP contribution in [-0.2, 0) is 19.6 Å². The van der Waals surface area contributed by atoms with E-state index in [1.807, 2.05) is 6.92 Å². The minimum absolute atomic E-state index is 0.0365. The van der Waals surface area contributed by atoms with Crippen molar-refractivity contribution < 1.29 is 27.4 Å². The van der Waals surface area contributed by atoms with E-state index in [0.717, 1.165) is 4.31 Å². The molecule has 0 unspecified atom stereocenters. The molecule has 0 saturated heterocycles. The molecule has 0 aliphatic heterocycles. The van der Waals surface area contributed by atoms with Crippen LogP contribution in [-0.4, -0.2) is 41.3 Å². The Morgan fingerprint density at radius 1 is 1.00 bits per heavy atom. The summed E-state index contributed by atoms with van der Waals surface area (Å²) in [6.07, 6.45) is 0. The molecule has 0 aliphatic carbocycles. The molecule has 8 heteroatoms. The van der Waals surface area contributed by atoms with Crippen LogP contribution >= 0.6 is 0 Å². The Hall–Kier alpha value is -2.74. The second-order valence-electron chi connectivity index (χ2n) is 5.42. The molecule has 0 heterocycles. The molecular weight excluding hydrogens is 370 g/mol. The lowest BCUT2D eigenvalue weighted by Gasteiger charge is -2.24. The summed E-state index contributed by atoms with van der Waals surface area (Å²) >= 11 is 0. The monoisotopic (exact) mass is 393 g/mol. The minimum atomic E-state index is -4.00. The quantitative estimate of drug-likeness (QED) is 0.610. The third-order valence-corrected chi connectivity index (χ3v) is 5.43. The van der Waals surface area contributed by atoms with Gasteiger partial charge in [0.15, 0.2) is 0 Å². The van der Waals surface area contributed by atoms with E-state index in [4.69, 9.17) is 14.2 Å². The summed E-state index contributed by atoms with van der Waals surface area (Å²) in [7, 11) is -2.51. The van der Waals surface area contributed by atoms with Crippen molar-refractivity contribution in [3.05, 3.63) is 48.5 Å². The Kier molecular flexibility index (Phi) is 7.06. The van der Waals surface area contributed by atoms with E-state index in [-0.39, 0.29) is 11.5 Å². The minimum Gasteiger partial charge on any atom is -0.497 e. The molecule has 2 aromatic carbocycles. The van der Waals surface area contributed by atoms with Gasteiger partial charge in [-0.05, 0) is 50.2 Å². The van der Waals surface area contributed by atoms with Gasteiger partial charge in [0, 0.05) is 6.07 Å². The summed E-state index contributed by atoms with van der Waals surface area (Å²) in [5.41, 5.74) is 0.310. The number of benzene rings is 2. The number of sulfonamides is 1. The first-order valence-corrected chi connectivity index (χ1v) is 9.91. The lowest BCUT2D eigenvalue weighted by Crippen LogP contribution is -2.36. The van der Waals surface area contributed by atoms with Crippen molar-refractivity contribution in [2.24, 2.45) is 0 Å². The van der Waals surface area contributed by atoms with E-state index in [9.17, 15) is 13.2 Å². The van der Waals surface area contributed by atoms with Crippen molar-refractivity contribution in [3.63, 3.8) is 0 Å². The number of hydrogen-bond donors (Lipinski definition) is 0. The van der Waals surface area contributed by atoms with Gasteiger partial charge >= 0.3 is 5.97 Å². The molecule has 2 rings (SSSR count). The second kappa shape index (κ2) is 9.27. The Morgan fingerprint density at radius 3 is 2.30 bits per heavy atom. The SMILES string of the molecule is CCOC(=O)CN(c1cccc(OCC)c1)S(=O)(=O)c1ccc(OC)cc1. The van der Waals surface area contributed by atoms with Crippen molar-refractivity contribution in [3.8, 4) is 11.5 Å². The first-order valence-electron chi connectivity index (χ1n) is 8.47. The average molecular weight is 393 g/mol. The summed E-state index contributed by atoms with van der Waals surface area (Å²) in [5.74, 6) is 0.398. The maximum absolute atomic E-state index is 13.2. The number of esters is 1. The number of ether oxygens (including phenoxy) is 3. The maximum atomic E-state index is 13.2. The fraction of sp³-hybridized carbons (Fsp3) is 0.316. The van der Waals surface area contributed by atoms with E-state index in [1.54, 1.807) is 43.3 Å². The van der Waals surface area contributed by atoms with Crippen LogP contribution in [0.25, 0.3) is 0 Å². The first-order chi connectivity index (χ1) is 12.9. The Balaban J connectivity index is 2.47. The normalized spacial score (nSPS) is 10.9. The molecule has 146 valence electrons. The lowest BCUT2D eigenvalue weighted by atomic mass is 10.3. The Labute approximate surface area is 159 Å². The van der Waals surface area contributed by atoms with Gasteiger partial charge in [-0.2, -0.15) is 0 Å². The topological polar surface area (TPSA) is 82.1 Å². The number of rotatable bonds is 9. The molecule has 0 atom stereocenters. The summed E-state index contributed by atoms with van der Waals surface area (Å²) < 4.78 is 42.8. The maximum Gasteiger partial charge on any atom is 0.326 e. The molecule has 0 fully saturated rings. The summed E-state index contributed by atoms with van der Waals surface area (Å²) in [5, 5.41) is 0. The van der Waals surface area contributed by atoms with Gasteiger partial charge in [0.25, 0.3) is 10.0 Å². The van der Waals surface area contributed by atoms with Crippen LogP contribution in [0.5, 0.6) is 11.5 Å². The molecule has 7 nitrogen and oxygen atoms in total. The Morgan fingerprint density at radius 2 is 1.70 bits per heavy atom. The molecule has 0 bridgehead atoms. The van der Waals surface area contributed by atoms with Gasteiger partial charge in [0.05, 0.1) is 30.9 Å². The highest BCUT2D eigenvalue weighted by atomic mass is 32.2. The van der Waals surface area contributed by atoms with Crippen molar-refractivity contribution in [2.75, 3.05) is 31.2 Å². The highest BCUT2D eigenvalue weighted by Gasteiger charge is 2.28. The van der Waals surface area contributed by atoms with E-state index in [2.05, 4.69) is 0 Å². The Bertz CT molecular complexity index is 864. The third kappa shape index (κ3) is 5.13. The largest absolute Gasteiger partial charge is 0.497 e. The van der Waals surface area contributed by atoms with Gasteiger partial charge in [0.1, 0.15) is 18.0 Å². The van der Waals surface area contributed by atoms with Crippen molar-refractivity contribution in [1.82, 2.24) is 0 Å². The van der Waals surface area contributed by atoms with Gasteiger partial charge < -0.3 is 14.2 Å². The number of methoxy groups -OCH3 is 1. The first kappa shape index (κ1) is 20.6. The molecule has 2 aromatic rings. The smallest absolute Gasteiger partial charge is 0.326 e. The van der Waals surface area contributed by atoms with Gasteiger partial charge in [-0.3, -0.25) is 9.10 Å². The van der Waals surface area contributed by atoms with Crippen LogP contribution in [0.4, 0.5) is 5.69 Å². The zero-order valence-corrected chi connectivity index (χ0v) is 16.4. The summed E-state index contributed by atoms with van der Waals surface area (Å²) in [4.78, 5) is 12.1. The predicted octanol–water partition coefficient (Wildman–Crippen LogP) is 2.85. The zero-order chi connectivity index (χ0) is 19.9. The molecule has 0 N–H and O–H groups in total. The standard InChI is InChI=1S/C19H23NO6S/c1-4-25-17-8-6-7-15(13-17)20(14-19(21)26-5-2)27(22,23)18-11-9-16(24-3)10-12-18/h6-13H,4-5,14H2,1-3H3. The number of carbonyl (C=O) groups is 1. The van der Waals surface area contributed by atoms with Crippen LogP contribution in [0.15, 0.2) is 53.4 Å². The van der Waals surface area contributed by atoms with Gasteiger partial charge in [-0.1, -0.05) is 6.07 Å². The number of hydrogen-bond acceptors (Lipinski definition) is 6. The third-order valence-electron chi connectivity index (χ3n) is 3.64. The second-order valence-corrected chi connectivity index (χ2v) is 7.28. The van der Waals surface area contributed by atoms with E-state index in [1.165, 1.54) is 19.2 Å². The zero-order valence-electron chi connectivity index (χ0n) is 15.5. The molecule has 0 aromatic heterocycles. The van der Waals surface area contributed by atoms with Gasteiger partial charge in [-0.25, -0.2) is 8.42 Å². The molecule has 0 saturated carbocycles. The number of carbonyl (C=O) groups excluding carboxylic acids is 1. The average Bonchev–Trinajstić information content (AvgIpc) is 2.67. The molecule has 0 spiro atoms. The highest BCUT2D eigenvalue weighted by molar-refractivity contribution is 7.92. The fourth-order valence-corrected chi connectivity index (χ4v) is 3.81. The van der Waals surface area contributed by atoms with E-state index < -0.39 is 22.5 Å². The highest BCUT2D eigenvalue weighted by Crippen LogP contribution is 2.28. The van der Waals surface area contributed by atoms with Crippen LogP contribution in [0.1, 0.15) is 13.8 Å². The predicted molar refractivity (Wildman–Crippen MR) is 102 cm³/mol. The fourth-order valence-electron chi connectivity index (χ4n) is 2.41. The van der Waals surface area contributed by atoms with E-state index in [0.29, 0.717) is 23.8 Å². The van der Waals surface area contributed by atoms with Crippen LogP contribution in [0.3, 0.4) is 0 Å². The van der Waals surface area contributed by atoms with Gasteiger partial charge in [-0.15, -0.1) is 0 Å². The van der Waals surface area contributed by atoms with Crippen LogP contribution in [0, 0.1) is 0 Å². The molecule has 0 aliphatic rings. The number of nitrogens with zero attached hydrogens (tertiary/aromatic N) is 1. The molecule has 27 heavy (non-hydrogen) atoms. The number of anilines is 1.